The molecule has 3 rings (SSSR count). The van der Waals surface area contributed by atoms with Gasteiger partial charge in [0.05, 0.1) is 22.7 Å². The van der Waals surface area contributed by atoms with E-state index in [9.17, 15) is 13.2 Å². The van der Waals surface area contributed by atoms with E-state index in [-0.39, 0.29) is 10.8 Å². The number of unbranched alkanes of at least 4 members (excludes halogenated alkanes) is 1. The second-order valence-corrected chi connectivity index (χ2v) is 9.55. The van der Waals surface area contributed by atoms with Crippen molar-refractivity contribution >= 4 is 33.0 Å². The largest absolute Gasteiger partial charge is 0.495 e. The van der Waals surface area contributed by atoms with Crippen LogP contribution >= 0.6 is 11.3 Å². The van der Waals surface area contributed by atoms with Crippen LogP contribution in [0.3, 0.4) is 0 Å². The van der Waals surface area contributed by atoms with Crippen molar-refractivity contribution in [3.05, 3.63) is 70.2 Å². The van der Waals surface area contributed by atoms with Crippen LogP contribution in [0.15, 0.2) is 58.8 Å². The molecular formula is C22H25N3O4S2. The standard InChI is InChI=1S/C22H25N3O4S2/c1-16-15-30-21(24-16)12-5-6-13-23-22(26)17-8-7-9-18(14-17)31(27,28)25-19-10-3-4-11-20(19)29-2/h3-4,7-11,14-15,25H,5-6,12-13H2,1-2H3,(H,23,26). The fraction of sp³-hybridized carbons (Fsp3) is 0.273. The lowest BCUT2D eigenvalue weighted by Gasteiger charge is -2.12. The summed E-state index contributed by atoms with van der Waals surface area (Å²) in [5.74, 6) is 0.104. The third-order valence-corrected chi connectivity index (χ3v) is 6.92. The molecule has 0 aliphatic rings. The van der Waals surface area contributed by atoms with Gasteiger partial charge in [0, 0.05) is 23.2 Å². The van der Waals surface area contributed by atoms with E-state index in [0.717, 1.165) is 30.0 Å². The molecule has 0 aliphatic heterocycles. The maximum Gasteiger partial charge on any atom is 0.262 e. The normalized spacial score (nSPS) is 11.2. The number of amides is 1. The maximum atomic E-state index is 12.8. The third kappa shape index (κ3) is 6.28. The highest BCUT2D eigenvalue weighted by Crippen LogP contribution is 2.26. The van der Waals surface area contributed by atoms with E-state index in [1.54, 1.807) is 47.7 Å². The molecule has 0 saturated carbocycles. The Morgan fingerprint density at radius 2 is 1.94 bits per heavy atom. The molecule has 1 aromatic heterocycles. The number of rotatable bonds is 10. The Morgan fingerprint density at radius 1 is 1.13 bits per heavy atom. The number of nitrogens with one attached hydrogen (secondary N) is 2. The van der Waals surface area contributed by atoms with Crippen LogP contribution in [-0.2, 0) is 16.4 Å². The van der Waals surface area contributed by atoms with Gasteiger partial charge >= 0.3 is 0 Å². The topological polar surface area (TPSA) is 97.4 Å². The van der Waals surface area contributed by atoms with Crippen LogP contribution in [0.2, 0.25) is 0 Å². The average molecular weight is 460 g/mol. The number of benzene rings is 2. The van der Waals surface area contributed by atoms with Gasteiger partial charge in [0.25, 0.3) is 15.9 Å². The number of methoxy groups -OCH3 is 1. The zero-order valence-corrected chi connectivity index (χ0v) is 19.1. The Morgan fingerprint density at radius 3 is 2.68 bits per heavy atom. The molecule has 9 heteroatoms. The van der Waals surface area contributed by atoms with Crippen molar-refractivity contribution in [2.24, 2.45) is 0 Å². The number of aryl methyl sites for hydroxylation is 2. The highest BCUT2D eigenvalue weighted by atomic mass is 32.2. The number of anilines is 1. The van der Waals surface area contributed by atoms with Crippen LogP contribution in [0.25, 0.3) is 0 Å². The number of ether oxygens (including phenoxy) is 1. The number of carbonyl (C=O) groups is 1. The number of nitrogens with zero attached hydrogens (tertiary/aromatic N) is 1. The molecule has 0 saturated heterocycles. The first-order valence-corrected chi connectivity index (χ1v) is 12.2. The second kappa shape index (κ2) is 10.4. The zero-order valence-electron chi connectivity index (χ0n) is 17.4. The number of thiazole rings is 1. The van der Waals surface area contributed by atoms with Gasteiger partial charge in [-0.25, -0.2) is 13.4 Å². The van der Waals surface area contributed by atoms with Crippen molar-refractivity contribution in [2.45, 2.75) is 31.1 Å². The Kier molecular flexibility index (Phi) is 7.64. The molecule has 1 heterocycles. The fourth-order valence-electron chi connectivity index (χ4n) is 2.96. The summed E-state index contributed by atoms with van der Waals surface area (Å²) < 4.78 is 33.2. The summed E-state index contributed by atoms with van der Waals surface area (Å²) in [6.45, 7) is 2.49. The predicted octanol–water partition coefficient (Wildman–Crippen LogP) is 4.01. The molecule has 7 nitrogen and oxygen atoms in total. The molecule has 0 radical (unpaired) electrons. The highest BCUT2D eigenvalue weighted by molar-refractivity contribution is 7.92. The Bertz CT molecular complexity index is 1140. The van der Waals surface area contributed by atoms with Crippen molar-refractivity contribution in [1.29, 1.82) is 0 Å². The number of para-hydroxylation sites is 2. The lowest BCUT2D eigenvalue weighted by molar-refractivity contribution is 0.0953. The lowest BCUT2D eigenvalue weighted by Crippen LogP contribution is -2.25. The van der Waals surface area contributed by atoms with Crippen LogP contribution in [0, 0.1) is 6.92 Å². The summed E-state index contributed by atoms with van der Waals surface area (Å²) in [6.07, 6.45) is 2.62. The van der Waals surface area contributed by atoms with Crippen LogP contribution < -0.4 is 14.8 Å². The lowest BCUT2D eigenvalue weighted by atomic mass is 10.2. The highest BCUT2D eigenvalue weighted by Gasteiger charge is 2.18. The molecular weight excluding hydrogens is 434 g/mol. The number of hydrogen-bond acceptors (Lipinski definition) is 6. The predicted molar refractivity (Wildman–Crippen MR) is 122 cm³/mol. The van der Waals surface area contributed by atoms with Gasteiger partial charge in [-0.05, 0) is 56.5 Å². The first kappa shape index (κ1) is 22.8. The Labute approximate surface area is 186 Å². The minimum atomic E-state index is -3.88. The number of aromatic nitrogens is 1. The maximum absolute atomic E-state index is 12.8. The van der Waals surface area contributed by atoms with E-state index in [1.807, 2.05) is 12.3 Å². The van der Waals surface area contributed by atoms with Crippen molar-refractivity contribution in [3.8, 4) is 5.75 Å². The summed E-state index contributed by atoms with van der Waals surface area (Å²) >= 11 is 1.65. The van der Waals surface area contributed by atoms with Gasteiger partial charge in [0.15, 0.2) is 0 Å². The van der Waals surface area contributed by atoms with E-state index in [1.165, 1.54) is 19.2 Å². The fourth-order valence-corrected chi connectivity index (χ4v) is 4.89. The molecule has 3 aromatic rings. The van der Waals surface area contributed by atoms with Gasteiger partial charge < -0.3 is 10.1 Å². The summed E-state index contributed by atoms with van der Waals surface area (Å²) in [5, 5.41) is 5.98. The van der Waals surface area contributed by atoms with E-state index in [0.29, 0.717) is 23.5 Å². The van der Waals surface area contributed by atoms with Crippen molar-refractivity contribution in [1.82, 2.24) is 10.3 Å². The van der Waals surface area contributed by atoms with Gasteiger partial charge in [0.2, 0.25) is 0 Å². The molecule has 0 unspecified atom stereocenters. The Hall–Kier alpha value is -2.91. The van der Waals surface area contributed by atoms with Gasteiger partial charge in [-0.1, -0.05) is 18.2 Å². The monoisotopic (exact) mass is 459 g/mol. The zero-order chi connectivity index (χ0) is 22.3. The molecule has 0 aliphatic carbocycles. The average Bonchev–Trinajstić information content (AvgIpc) is 3.18. The molecule has 2 N–H and O–H groups in total. The molecule has 0 fully saturated rings. The number of carbonyl (C=O) groups excluding carboxylic acids is 1. The number of hydrogen-bond donors (Lipinski definition) is 2. The SMILES string of the molecule is COc1ccccc1NS(=O)(=O)c1cccc(C(=O)NCCCCc2nc(C)cs2)c1. The Balaban J connectivity index is 1.57. The van der Waals surface area contributed by atoms with Gasteiger partial charge in [-0.15, -0.1) is 11.3 Å². The van der Waals surface area contributed by atoms with Crippen LogP contribution in [0.5, 0.6) is 5.75 Å². The third-order valence-electron chi connectivity index (χ3n) is 4.53. The molecule has 1 amide bonds. The van der Waals surface area contributed by atoms with Crippen molar-refractivity contribution in [2.75, 3.05) is 18.4 Å². The van der Waals surface area contributed by atoms with Crippen molar-refractivity contribution < 1.29 is 17.9 Å². The molecule has 0 atom stereocenters. The molecule has 164 valence electrons. The molecule has 31 heavy (non-hydrogen) atoms. The van der Waals surface area contributed by atoms with E-state index >= 15 is 0 Å². The van der Waals surface area contributed by atoms with Crippen LogP contribution in [0.4, 0.5) is 5.69 Å². The van der Waals surface area contributed by atoms with E-state index in [4.69, 9.17) is 4.74 Å². The summed E-state index contributed by atoms with van der Waals surface area (Å²) in [4.78, 5) is 16.9. The van der Waals surface area contributed by atoms with E-state index in [2.05, 4.69) is 15.0 Å². The summed E-state index contributed by atoms with van der Waals surface area (Å²) in [6, 6.07) is 12.7. The van der Waals surface area contributed by atoms with Crippen molar-refractivity contribution in [3.63, 3.8) is 0 Å². The minimum absolute atomic E-state index is 0.00481. The first-order chi connectivity index (χ1) is 14.9. The molecule has 0 bridgehead atoms. The molecule has 2 aromatic carbocycles. The quantitative estimate of drug-likeness (QED) is 0.447. The second-order valence-electron chi connectivity index (χ2n) is 6.93. The smallest absolute Gasteiger partial charge is 0.262 e. The van der Waals surface area contributed by atoms with Gasteiger partial charge in [0.1, 0.15) is 5.75 Å². The number of sulfonamides is 1. The van der Waals surface area contributed by atoms with Gasteiger partial charge in [-0.2, -0.15) is 0 Å². The van der Waals surface area contributed by atoms with E-state index < -0.39 is 10.0 Å². The first-order valence-electron chi connectivity index (χ1n) is 9.84. The van der Waals surface area contributed by atoms with Crippen LogP contribution in [-0.4, -0.2) is 33.0 Å². The summed E-state index contributed by atoms with van der Waals surface area (Å²) in [7, 11) is -2.41. The summed E-state index contributed by atoms with van der Waals surface area (Å²) in [5.41, 5.74) is 1.65. The minimum Gasteiger partial charge on any atom is -0.495 e. The molecule has 0 spiro atoms. The van der Waals surface area contributed by atoms with Crippen LogP contribution in [0.1, 0.15) is 33.9 Å². The van der Waals surface area contributed by atoms with Gasteiger partial charge in [-0.3, -0.25) is 9.52 Å².